The summed E-state index contributed by atoms with van der Waals surface area (Å²) in [6.45, 7) is 1.97. The highest BCUT2D eigenvalue weighted by Crippen LogP contribution is 2.34. The van der Waals surface area contributed by atoms with Crippen LogP contribution in [-0.2, 0) is 20.7 Å². The Balaban J connectivity index is 1.88. The maximum absolute atomic E-state index is 12.3. The molecule has 0 spiro atoms. The SMILES string of the molecule is COC(C)c1cccc(CC(O)/C=C/[C@H]2[C@H](O)CC(=O)[C@@H]2SCCCSCC(=O)O)c1. The number of aliphatic hydroxyl groups excluding tert-OH is 2. The molecule has 172 valence electrons. The first-order valence-corrected chi connectivity index (χ1v) is 12.6. The first-order chi connectivity index (χ1) is 14.8. The fourth-order valence-corrected chi connectivity index (χ4v) is 5.71. The van der Waals surface area contributed by atoms with Gasteiger partial charge in [0.05, 0.1) is 29.3 Å². The number of carbonyl (C=O) groups excluding carboxylic acids is 1. The second-order valence-electron chi connectivity index (χ2n) is 7.69. The summed E-state index contributed by atoms with van der Waals surface area (Å²) in [6.07, 6.45) is 3.36. The number of hydrogen-bond acceptors (Lipinski definition) is 7. The molecule has 1 aromatic rings. The highest BCUT2D eigenvalue weighted by molar-refractivity contribution is 8.01. The summed E-state index contributed by atoms with van der Waals surface area (Å²) in [6, 6.07) is 7.90. The first-order valence-electron chi connectivity index (χ1n) is 10.4. The van der Waals surface area contributed by atoms with Crippen molar-refractivity contribution in [3.8, 4) is 0 Å². The van der Waals surface area contributed by atoms with Gasteiger partial charge in [-0.1, -0.05) is 36.4 Å². The van der Waals surface area contributed by atoms with Crippen LogP contribution in [-0.4, -0.2) is 68.9 Å². The van der Waals surface area contributed by atoms with Crippen molar-refractivity contribution in [1.82, 2.24) is 0 Å². The molecule has 2 rings (SSSR count). The van der Waals surface area contributed by atoms with Crippen molar-refractivity contribution in [3.63, 3.8) is 0 Å². The summed E-state index contributed by atoms with van der Waals surface area (Å²) in [5, 5.41) is 29.1. The Hall–Kier alpha value is -1.32. The number of Topliss-reactive ketones (excluding diaryl/α,β-unsaturated/α-hetero) is 1. The minimum absolute atomic E-state index is 0.0207. The van der Waals surface area contributed by atoms with Gasteiger partial charge in [0.25, 0.3) is 0 Å². The topological polar surface area (TPSA) is 104 Å². The van der Waals surface area contributed by atoms with Gasteiger partial charge in [0.15, 0.2) is 0 Å². The Kier molecular flexibility index (Phi) is 11.1. The molecule has 0 bridgehead atoms. The van der Waals surface area contributed by atoms with Gasteiger partial charge in [-0.2, -0.15) is 11.8 Å². The van der Waals surface area contributed by atoms with E-state index in [0.717, 1.165) is 29.1 Å². The van der Waals surface area contributed by atoms with Crippen LogP contribution in [0.3, 0.4) is 0 Å². The molecule has 0 amide bonds. The second kappa shape index (κ2) is 13.3. The maximum Gasteiger partial charge on any atom is 0.313 e. The van der Waals surface area contributed by atoms with Gasteiger partial charge in [-0.15, -0.1) is 11.8 Å². The van der Waals surface area contributed by atoms with Crippen molar-refractivity contribution in [2.45, 2.75) is 49.7 Å². The molecule has 1 aliphatic rings. The van der Waals surface area contributed by atoms with E-state index >= 15 is 0 Å². The van der Waals surface area contributed by atoms with Gasteiger partial charge in [0, 0.05) is 25.9 Å². The number of carbonyl (C=O) groups is 2. The summed E-state index contributed by atoms with van der Waals surface area (Å²) in [7, 11) is 1.66. The smallest absolute Gasteiger partial charge is 0.313 e. The molecule has 1 aliphatic carbocycles. The molecular weight excluding hydrogens is 436 g/mol. The maximum atomic E-state index is 12.3. The molecule has 6 nitrogen and oxygen atoms in total. The first kappa shape index (κ1) is 25.9. The Morgan fingerprint density at radius 1 is 1.35 bits per heavy atom. The largest absolute Gasteiger partial charge is 0.481 e. The minimum Gasteiger partial charge on any atom is -0.481 e. The zero-order valence-corrected chi connectivity index (χ0v) is 19.6. The monoisotopic (exact) mass is 468 g/mol. The lowest BCUT2D eigenvalue weighted by Gasteiger charge is -2.18. The number of carboxylic acids is 1. The van der Waals surface area contributed by atoms with Crippen LogP contribution in [0.4, 0.5) is 0 Å². The molecule has 2 unspecified atom stereocenters. The lowest BCUT2D eigenvalue weighted by atomic mass is 10.00. The van der Waals surface area contributed by atoms with Gasteiger partial charge in [0.1, 0.15) is 5.78 Å². The molecule has 0 aromatic heterocycles. The lowest BCUT2D eigenvalue weighted by Crippen LogP contribution is -2.22. The summed E-state index contributed by atoms with van der Waals surface area (Å²) >= 11 is 2.87. The molecule has 0 saturated heterocycles. The number of ketones is 1. The van der Waals surface area contributed by atoms with Gasteiger partial charge in [-0.05, 0) is 36.0 Å². The second-order valence-corrected chi connectivity index (χ2v) is 10.0. The van der Waals surface area contributed by atoms with E-state index in [-0.39, 0.29) is 35.2 Å². The highest BCUT2D eigenvalue weighted by Gasteiger charge is 2.40. The van der Waals surface area contributed by atoms with Gasteiger partial charge >= 0.3 is 5.97 Å². The van der Waals surface area contributed by atoms with E-state index in [1.54, 1.807) is 19.3 Å². The number of aliphatic carboxylic acids is 1. The molecule has 5 atom stereocenters. The summed E-state index contributed by atoms with van der Waals surface area (Å²) in [5.41, 5.74) is 2.04. The molecule has 31 heavy (non-hydrogen) atoms. The number of carboxylic acid groups (broad SMARTS) is 1. The fourth-order valence-electron chi connectivity index (χ4n) is 3.51. The summed E-state index contributed by atoms with van der Waals surface area (Å²) in [4.78, 5) is 22.8. The molecule has 1 fully saturated rings. The normalized spacial score (nSPS) is 23.4. The van der Waals surface area contributed by atoms with Crippen molar-refractivity contribution >= 4 is 35.3 Å². The average Bonchev–Trinajstić information content (AvgIpc) is 3.00. The molecule has 0 aliphatic heterocycles. The predicted molar refractivity (Wildman–Crippen MR) is 126 cm³/mol. The Labute approximate surface area is 192 Å². The zero-order chi connectivity index (χ0) is 22.8. The van der Waals surface area contributed by atoms with Crippen molar-refractivity contribution in [3.05, 3.63) is 47.5 Å². The number of methoxy groups -OCH3 is 1. The third-order valence-electron chi connectivity index (χ3n) is 5.25. The molecule has 0 heterocycles. The molecular formula is C23H32O6S2. The number of ether oxygens (including phenoxy) is 1. The number of hydrogen-bond donors (Lipinski definition) is 3. The van der Waals surface area contributed by atoms with Gasteiger partial charge in [-0.3, -0.25) is 9.59 Å². The van der Waals surface area contributed by atoms with Crippen LogP contribution in [0.5, 0.6) is 0 Å². The van der Waals surface area contributed by atoms with Crippen LogP contribution >= 0.6 is 23.5 Å². The van der Waals surface area contributed by atoms with Gasteiger partial charge in [-0.25, -0.2) is 0 Å². The van der Waals surface area contributed by atoms with Crippen molar-refractivity contribution in [2.24, 2.45) is 5.92 Å². The minimum atomic E-state index is -0.824. The number of thioether (sulfide) groups is 2. The lowest BCUT2D eigenvalue weighted by molar-refractivity contribution is -0.133. The van der Waals surface area contributed by atoms with E-state index in [9.17, 15) is 19.8 Å². The van der Waals surface area contributed by atoms with Gasteiger partial charge < -0.3 is 20.1 Å². The third-order valence-corrected chi connectivity index (χ3v) is 7.74. The van der Waals surface area contributed by atoms with Crippen LogP contribution in [0.15, 0.2) is 36.4 Å². The van der Waals surface area contributed by atoms with E-state index in [1.807, 2.05) is 31.2 Å². The Morgan fingerprint density at radius 2 is 2.13 bits per heavy atom. The van der Waals surface area contributed by atoms with Crippen molar-refractivity contribution in [2.75, 3.05) is 24.4 Å². The van der Waals surface area contributed by atoms with E-state index in [2.05, 4.69) is 0 Å². The van der Waals surface area contributed by atoms with E-state index in [0.29, 0.717) is 6.42 Å². The highest BCUT2D eigenvalue weighted by atomic mass is 32.2. The fraction of sp³-hybridized carbons (Fsp3) is 0.565. The van der Waals surface area contributed by atoms with Crippen LogP contribution < -0.4 is 0 Å². The van der Waals surface area contributed by atoms with E-state index in [1.165, 1.54) is 23.5 Å². The van der Waals surface area contributed by atoms with E-state index < -0.39 is 18.2 Å². The van der Waals surface area contributed by atoms with Crippen LogP contribution in [0.25, 0.3) is 0 Å². The van der Waals surface area contributed by atoms with Crippen LogP contribution in [0.2, 0.25) is 0 Å². The number of aliphatic hydroxyl groups is 2. The van der Waals surface area contributed by atoms with Crippen LogP contribution in [0.1, 0.15) is 37.0 Å². The summed E-state index contributed by atoms with van der Waals surface area (Å²) < 4.78 is 5.34. The summed E-state index contributed by atoms with van der Waals surface area (Å²) in [5.74, 6) is 0.424. The molecule has 3 N–H and O–H groups in total. The molecule has 8 heteroatoms. The third kappa shape index (κ3) is 8.61. The average molecular weight is 469 g/mol. The molecule has 0 radical (unpaired) electrons. The quantitative estimate of drug-likeness (QED) is 0.300. The Bertz CT molecular complexity index is 753. The number of rotatable bonds is 13. The van der Waals surface area contributed by atoms with Crippen molar-refractivity contribution < 1.29 is 29.6 Å². The molecule has 1 saturated carbocycles. The van der Waals surface area contributed by atoms with E-state index in [4.69, 9.17) is 9.84 Å². The standard InChI is InChI=1S/C23H32O6S2/c1-15(29-2)17-6-3-5-16(11-17)12-18(24)7-8-19-20(25)13-21(26)23(19)31-10-4-9-30-14-22(27)28/h3,5-8,11,15,18-20,23-25H,4,9-10,12-14H2,1-2H3,(H,27,28)/b8-7+/t15?,18?,19-,20+,23+/m0/s1. The van der Waals surface area contributed by atoms with Crippen molar-refractivity contribution in [1.29, 1.82) is 0 Å². The number of benzene rings is 1. The molecule has 1 aromatic carbocycles. The van der Waals surface area contributed by atoms with Crippen LogP contribution in [0, 0.1) is 5.92 Å². The zero-order valence-electron chi connectivity index (χ0n) is 18.0. The van der Waals surface area contributed by atoms with Gasteiger partial charge in [0.2, 0.25) is 0 Å². The Morgan fingerprint density at radius 3 is 2.84 bits per heavy atom. The predicted octanol–water partition coefficient (Wildman–Crippen LogP) is 3.11.